The number of aryl methyl sites for hydroxylation is 2. The van der Waals surface area contributed by atoms with Crippen LogP contribution in [0.1, 0.15) is 13.3 Å². The highest BCUT2D eigenvalue weighted by atomic mass is 16.1. The molecule has 0 bridgehead atoms. The third kappa shape index (κ3) is 1.93. The van der Waals surface area contributed by atoms with Crippen molar-refractivity contribution in [1.82, 2.24) is 14.3 Å². The molecule has 2 heterocycles. The van der Waals surface area contributed by atoms with Gasteiger partial charge in [0.15, 0.2) is 0 Å². The van der Waals surface area contributed by atoms with Gasteiger partial charge in [-0.1, -0.05) is 37.3 Å². The zero-order valence-electron chi connectivity index (χ0n) is 11.7. The fraction of sp³-hybridized carbons (Fsp3) is 0.250. The van der Waals surface area contributed by atoms with Crippen LogP contribution < -0.4 is 5.56 Å². The molecule has 4 heteroatoms. The summed E-state index contributed by atoms with van der Waals surface area (Å²) in [5.41, 5.74) is 2.90. The van der Waals surface area contributed by atoms with E-state index in [0.29, 0.717) is 0 Å². The Balaban J connectivity index is 2.36. The first-order valence-corrected chi connectivity index (χ1v) is 6.83. The van der Waals surface area contributed by atoms with Crippen molar-refractivity contribution in [2.45, 2.75) is 19.9 Å². The minimum atomic E-state index is -0.0434. The van der Waals surface area contributed by atoms with E-state index in [2.05, 4.69) is 34.8 Å². The highest BCUT2D eigenvalue weighted by Crippen LogP contribution is 2.26. The van der Waals surface area contributed by atoms with Gasteiger partial charge < -0.3 is 4.57 Å². The van der Waals surface area contributed by atoms with Gasteiger partial charge in [-0.3, -0.25) is 4.79 Å². The van der Waals surface area contributed by atoms with E-state index in [0.717, 1.165) is 35.1 Å². The second-order valence-corrected chi connectivity index (χ2v) is 4.92. The first-order chi connectivity index (χ1) is 9.72. The lowest BCUT2D eigenvalue weighted by atomic mass is 10.1. The highest BCUT2D eigenvalue weighted by molar-refractivity contribution is 5.85. The summed E-state index contributed by atoms with van der Waals surface area (Å²) < 4.78 is 3.50. The lowest BCUT2D eigenvalue weighted by molar-refractivity contribution is 0.682. The Hall–Kier alpha value is -2.36. The van der Waals surface area contributed by atoms with Crippen molar-refractivity contribution in [3.8, 4) is 11.3 Å². The molecule has 0 aliphatic heterocycles. The molecule has 20 heavy (non-hydrogen) atoms. The number of nitrogens with zero attached hydrogens (tertiary/aromatic N) is 3. The van der Waals surface area contributed by atoms with Crippen LogP contribution in [0.15, 0.2) is 47.4 Å². The van der Waals surface area contributed by atoms with Gasteiger partial charge in [0.1, 0.15) is 5.52 Å². The van der Waals surface area contributed by atoms with Crippen molar-refractivity contribution in [1.29, 1.82) is 0 Å². The first-order valence-electron chi connectivity index (χ1n) is 6.83. The lowest BCUT2D eigenvalue weighted by Crippen LogP contribution is -2.21. The molecule has 0 saturated carbocycles. The Morgan fingerprint density at radius 3 is 2.65 bits per heavy atom. The maximum atomic E-state index is 12.3. The van der Waals surface area contributed by atoms with Crippen molar-refractivity contribution in [2.24, 2.45) is 7.05 Å². The van der Waals surface area contributed by atoms with Crippen LogP contribution in [0, 0.1) is 0 Å². The minimum absolute atomic E-state index is 0.0434. The molecular weight excluding hydrogens is 250 g/mol. The monoisotopic (exact) mass is 267 g/mol. The highest BCUT2D eigenvalue weighted by Gasteiger charge is 2.13. The topological polar surface area (TPSA) is 39.8 Å². The van der Waals surface area contributed by atoms with Crippen LogP contribution in [0.5, 0.6) is 0 Å². The zero-order valence-corrected chi connectivity index (χ0v) is 11.7. The van der Waals surface area contributed by atoms with Gasteiger partial charge in [-0.25, -0.2) is 4.68 Å². The van der Waals surface area contributed by atoms with Crippen LogP contribution in [0.2, 0.25) is 0 Å². The molecule has 0 radical (unpaired) electrons. The summed E-state index contributed by atoms with van der Waals surface area (Å²) in [6.45, 7) is 2.94. The quantitative estimate of drug-likeness (QED) is 0.732. The van der Waals surface area contributed by atoms with E-state index in [1.165, 1.54) is 4.68 Å². The largest absolute Gasteiger partial charge is 0.336 e. The standard InChI is InChI=1S/C16H17N3O/c1-3-9-19-14(12-7-5-4-6-8-12)10-13-11-17-18(2)16(20)15(13)19/h4-8,10-11H,3,9H2,1-2H3. The fourth-order valence-electron chi connectivity index (χ4n) is 2.57. The summed E-state index contributed by atoms with van der Waals surface area (Å²) in [6.07, 6.45) is 2.74. The molecule has 4 nitrogen and oxygen atoms in total. The van der Waals surface area contributed by atoms with E-state index in [1.807, 2.05) is 18.2 Å². The molecule has 0 unspecified atom stereocenters. The van der Waals surface area contributed by atoms with Gasteiger partial charge in [0.2, 0.25) is 0 Å². The predicted molar refractivity (Wildman–Crippen MR) is 80.7 cm³/mol. The van der Waals surface area contributed by atoms with Crippen molar-refractivity contribution in [3.63, 3.8) is 0 Å². The summed E-state index contributed by atoms with van der Waals surface area (Å²) >= 11 is 0. The Morgan fingerprint density at radius 2 is 1.95 bits per heavy atom. The summed E-state index contributed by atoms with van der Waals surface area (Å²) in [4.78, 5) is 12.3. The average Bonchev–Trinajstić information content (AvgIpc) is 2.84. The molecule has 0 saturated heterocycles. The van der Waals surface area contributed by atoms with E-state index in [4.69, 9.17) is 0 Å². The van der Waals surface area contributed by atoms with E-state index < -0.39 is 0 Å². The van der Waals surface area contributed by atoms with E-state index >= 15 is 0 Å². The molecule has 102 valence electrons. The van der Waals surface area contributed by atoms with Gasteiger partial charge >= 0.3 is 0 Å². The molecule has 3 rings (SSSR count). The van der Waals surface area contributed by atoms with Crippen LogP contribution in [-0.4, -0.2) is 14.3 Å². The van der Waals surface area contributed by atoms with Gasteiger partial charge in [-0.05, 0) is 18.1 Å². The molecule has 1 aromatic carbocycles. The van der Waals surface area contributed by atoms with Crippen LogP contribution in [0.4, 0.5) is 0 Å². The SMILES string of the molecule is CCCn1c(-c2ccccc2)cc2cnn(C)c(=O)c21. The van der Waals surface area contributed by atoms with E-state index in [1.54, 1.807) is 13.2 Å². The van der Waals surface area contributed by atoms with Gasteiger partial charge in [-0.2, -0.15) is 5.10 Å². The van der Waals surface area contributed by atoms with Crippen molar-refractivity contribution in [3.05, 3.63) is 52.9 Å². The lowest BCUT2D eigenvalue weighted by Gasteiger charge is -2.09. The van der Waals surface area contributed by atoms with Crippen LogP contribution >= 0.6 is 0 Å². The molecule has 3 aromatic rings. The van der Waals surface area contributed by atoms with Crippen LogP contribution in [0.3, 0.4) is 0 Å². The van der Waals surface area contributed by atoms with Crippen molar-refractivity contribution < 1.29 is 0 Å². The van der Waals surface area contributed by atoms with E-state index in [9.17, 15) is 4.79 Å². The van der Waals surface area contributed by atoms with Gasteiger partial charge in [0.25, 0.3) is 5.56 Å². The smallest absolute Gasteiger partial charge is 0.290 e. The third-order valence-corrected chi connectivity index (χ3v) is 3.51. The third-order valence-electron chi connectivity index (χ3n) is 3.51. The zero-order chi connectivity index (χ0) is 14.1. The molecule has 0 atom stereocenters. The molecule has 2 aromatic heterocycles. The number of rotatable bonds is 3. The number of fused-ring (bicyclic) bond motifs is 1. The molecule has 0 fully saturated rings. The Labute approximate surface area is 117 Å². The van der Waals surface area contributed by atoms with Crippen molar-refractivity contribution in [2.75, 3.05) is 0 Å². The molecule has 0 spiro atoms. The number of hydrogen-bond acceptors (Lipinski definition) is 2. The maximum Gasteiger partial charge on any atom is 0.290 e. The van der Waals surface area contributed by atoms with Crippen LogP contribution in [0.25, 0.3) is 22.2 Å². The number of benzene rings is 1. The number of hydrogen-bond donors (Lipinski definition) is 0. The Kier molecular flexibility index (Phi) is 3.14. The Morgan fingerprint density at radius 1 is 1.20 bits per heavy atom. The summed E-state index contributed by atoms with van der Waals surface area (Å²) in [5, 5.41) is 5.01. The van der Waals surface area contributed by atoms with Gasteiger partial charge in [-0.15, -0.1) is 0 Å². The van der Waals surface area contributed by atoms with Crippen molar-refractivity contribution >= 4 is 10.9 Å². The minimum Gasteiger partial charge on any atom is -0.336 e. The van der Waals surface area contributed by atoms with E-state index in [-0.39, 0.29) is 5.56 Å². The molecule has 0 aliphatic rings. The number of aromatic nitrogens is 3. The Bertz CT molecular complexity index is 800. The predicted octanol–water partition coefficient (Wildman–Crippen LogP) is 2.81. The van der Waals surface area contributed by atoms with Gasteiger partial charge in [0, 0.05) is 24.7 Å². The average molecular weight is 267 g/mol. The molecule has 0 amide bonds. The fourth-order valence-corrected chi connectivity index (χ4v) is 2.57. The normalized spacial score (nSPS) is 11.1. The van der Waals surface area contributed by atoms with Gasteiger partial charge in [0.05, 0.1) is 6.20 Å². The summed E-state index contributed by atoms with van der Waals surface area (Å²) in [5.74, 6) is 0. The molecule has 0 aliphatic carbocycles. The summed E-state index contributed by atoms with van der Waals surface area (Å²) in [7, 11) is 1.69. The first kappa shape index (κ1) is 12.7. The van der Waals surface area contributed by atoms with Crippen LogP contribution in [-0.2, 0) is 13.6 Å². The second-order valence-electron chi connectivity index (χ2n) is 4.92. The summed E-state index contributed by atoms with van der Waals surface area (Å²) in [6, 6.07) is 12.2. The maximum absolute atomic E-state index is 12.3. The molecular formula is C16H17N3O. The molecule has 0 N–H and O–H groups in total. The second kappa shape index (κ2) is 4.96.